The fourth-order valence-corrected chi connectivity index (χ4v) is 4.00. The van der Waals surface area contributed by atoms with Crippen LogP contribution in [0.4, 0.5) is 0 Å². The first kappa shape index (κ1) is 20.5. The second-order valence-corrected chi connectivity index (χ2v) is 9.16. The SMILES string of the molecule is Cc1c(B2OC(C)(C)C(C)(C)O2)cc2c(=O)n([C@H]3COCC[C@@H]3O)cnc2c1C. The number of aryl methyl sites for hydroxylation is 1. The number of hydrogen-bond acceptors (Lipinski definition) is 6. The molecule has 0 unspecified atom stereocenters. The van der Waals surface area contributed by atoms with Crippen LogP contribution in [0.3, 0.4) is 0 Å². The number of ether oxygens (including phenoxy) is 1. The molecule has 2 atom stereocenters. The summed E-state index contributed by atoms with van der Waals surface area (Å²) < 4.78 is 19.4. The second-order valence-electron chi connectivity index (χ2n) is 9.16. The van der Waals surface area contributed by atoms with Gasteiger partial charge in [0.25, 0.3) is 5.56 Å². The Balaban J connectivity index is 1.85. The van der Waals surface area contributed by atoms with Gasteiger partial charge in [-0.05, 0) is 70.6 Å². The summed E-state index contributed by atoms with van der Waals surface area (Å²) in [7, 11) is -0.556. The van der Waals surface area contributed by atoms with E-state index in [9.17, 15) is 9.90 Å². The van der Waals surface area contributed by atoms with Crippen molar-refractivity contribution in [2.45, 2.75) is 71.3 Å². The molecular weight excluding hydrogens is 371 g/mol. The number of aliphatic hydroxyl groups excluding tert-OH is 1. The first-order valence-electron chi connectivity index (χ1n) is 10.2. The highest BCUT2D eigenvalue weighted by molar-refractivity contribution is 6.63. The summed E-state index contributed by atoms with van der Waals surface area (Å²) in [6.45, 7) is 12.8. The Morgan fingerprint density at radius 2 is 1.83 bits per heavy atom. The molecule has 2 aliphatic heterocycles. The molecule has 0 spiro atoms. The minimum Gasteiger partial charge on any atom is -0.399 e. The lowest BCUT2D eigenvalue weighted by molar-refractivity contribution is -0.0303. The molecule has 3 heterocycles. The van der Waals surface area contributed by atoms with Crippen molar-refractivity contribution in [3.8, 4) is 0 Å². The number of benzene rings is 1. The zero-order chi connectivity index (χ0) is 21.1. The largest absolute Gasteiger partial charge is 0.495 e. The summed E-state index contributed by atoms with van der Waals surface area (Å²) in [5.74, 6) is 0. The van der Waals surface area contributed by atoms with Gasteiger partial charge in [-0.2, -0.15) is 0 Å². The third-order valence-corrected chi connectivity index (χ3v) is 6.84. The summed E-state index contributed by atoms with van der Waals surface area (Å²) in [6.07, 6.45) is 1.39. The van der Waals surface area contributed by atoms with Crippen LogP contribution in [-0.4, -0.2) is 52.3 Å². The predicted octanol–water partition coefficient (Wildman–Crippen LogP) is 1.63. The Labute approximate surface area is 171 Å². The van der Waals surface area contributed by atoms with Gasteiger partial charge in [0.2, 0.25) is 0 Å². The monoisotopic (exact) mass is 400 g/mol. The quantitative estimate of drug-likeness (QED) is 0.772. The van der Waals surface area contributed by atoms with Gasteiger partial charge in [0.15, 0.2) is 0 Å². The average molecular weight is 400 g/mol. The van der Waals surface area contributed by atoms with Gasteiger partial charge < -0.3 is 19.2 Å². The van der Waals surface area contributed by atoms with Gasteiger partial charge in [-0.25, -0.2) is 4.98 Å². The van der Waals surface area contributed by atoms with E-state index in [-0.39, 0.29) is 5.56 Å². The molecule has 1 aromatic heterocycles. The van der Waals surface area contributed by atoms with Crippen LogP contribution in [0.15, 0.2) is 17.2 Å². The maximum Gasteiger partial charge on any atom is 0.495 e. The highest BCUT2D eigenvalue weighted by Crippen LogP contribution is 2.37. The van der Waals surface area contributed by atoms with Crippen molar-refractivity contribution in [2.24, 2.45) is 0 Å². The van der Waals surface area contributed by atoms with E-state index in [2.05, 4.69) is 4.98 Å². The van der Waals surface area contributed by atoms with Crippen LogP contribution in [-0.2, 0) is 14.0 Å². The molecule has 8 heteroatoms. The number of nitrogens with zero attached hydrogens (tertiary/aromatic N) is 2. The van der Waals surface area contributed by atoms with Crippen molar-refractivity contribution in [1.82, 2.24) is 9.55 Å². The smallest absolute Gasteiger partial charge is 0.399 e. The molecule has 1 N–H and O–H groups in total. The van der Waals surface area contributed by atoms with Crippen molar-refractivity contribution in [3.63, 3.8) is 0 Å². The van der Waals surface area contributed by atoms with Crippen LogP contribution in [0.2, 0.25) is 0 Å². The Hall–Kier alpha value is -1.74. The molecule has 29 heavy (non-hydrogen) atoms. The van der Waals surface area contributed by atoms with Gasteiger partial charge in [-0.3, -0.25) is 9.36 Å². The summed E-state index contributed by atoms with van der Waals surface area (Å²) >= 11 is 0. The highest BCUT2D eigenvalue weighted by Gasteiger charge is 2.52. The van der Waals surface area contributed by atoms with Crippen molar-refractivity contribution >= 4 is 23.5 Å². The lowest BCUT2D eigenvalue weighted by Gasteiger charge is -2.32. The predicted molar refractivity (Wildman–Crippen MR) is 112 cm³/mol. The van der Waals surface area contributed by atoms with Gasteiger partial charge in [-0.1, -0.05) is 0 Å². The molecule has 0 bridgehead atoms. The molecule has 0 amide bonds. The third kappa shape index (κ3) is 3.22. The Bertz CT molecular complexity index is 1000. The average Bonchev–Trinajstić information content (AvgIpc) is 2.86. The lowest BCUT2D eigenvalue weighted by atomic mass is 9.74. The molecule has 2 saturated heterocycles. The molecule has 4 rings (SSSR count). The summed E-state index contributed by atoms with van der Waals surface area (Å²) in [4.78, 5) is 17.9. The minimum atomic E-state index is -0.630. The highest BCUT2D eigenvalue weighted by atomic mass is 16.7. The minimum absolute atomic E-state index is 0.189. The molecular formula is C21H29BN2O5. The van der Waals surface area contributed by atoms with Gasteiger partial charge >= 0.3 is 7.12 Å². The molecule has 2 fully saturated rings. The third-order valence-electron chi connectivity index (χ3n) is 6.84. The van der Waals surface area contributed by atoms with Crippen LogP contribution in [0.25, 0.3) is 10.9 Å². The van der Waals surface area contributed by atoms with Crippen molar-refractivity contribution in [1.29, 1.82) is 0 Å². The van der Waals surface area contributed by atoms with Crippen LogP contribution in [0.1, 0.15) is 51.3 Å². The van der Waals surface area contributed by atoms with E-state index in [1.807, 2.05) is 47.6 Å². The maximum atomic E-state index is 13.3. The standard InChI is InChI=1S/C21H29BN2O5/c1-12-13(2)18-14(9-15(12)22-28-20(3,4)21(5,6)29-22)19(26)24(11-23-18)16-10-27-8-7-17(16)25/h9,11,16-17,25H,7-8,10H2,1-6H3/t16-,17-/m0/s1. The zero-order valence-corrected chi connectivity index (χ0v) is 18.0. The molecule has 156 valence electrons. The van der Waals surface area contributed by atoms with E-state index in [4.69, 9.17) is 14.0 Å². The molecule has 7 nitrogen and oxygen atoms in total. The van der Waals surface area contributed by atoms with Gasteiger partial charge in [0.05, 0.1) is 47.2 Å². The lowest BCUT2D eigenvalue weighted by Crippen LogP contribution is -2.41. The van der Waals surface area contributed by atoms with E-state index in [1.165, 1.54) is 10.9 Å². The molecule has 0 radical (unpaired) electrons. The molecule has 2 aromatic rings. The fraction of sp³-hybridized carbons (Fsp3) is 0.619. The molecule has 0 aliphatic carbocycles. The van der Waals surface area contributed by atoms with Crippen LogP contribution in [0, 0.1) is 13.8 Å². The maximum absolute atomic E-state index is 13.3. The van der Waals surface area contributed by atoms with Crippen molar-refractivity contribution < 1.29 is 19.2 Å². The van der Waals surface area contributed by atoms with Crippen molar-refractivity contribution in [2.75, 3.05) is 13.2 Å². The second kappa shape index (κ2) is 6.91. The number of hydrogen-bond donors (Lipinski definition) is 1. The van der Waals surface area contributed by atoms with E-state index < -0.39 is 30.5 Å². The molecule has 2 aliphatic rings. The van der Waals surface area contributed by atoms with E-state index in [1.54, 1.807) is 0 Å². The number of aliphatic hydroxyl groups is 1. The number of aromatic nitrogens is 2. The summed E-state index contributed by atoms with van der Waals surface area (Å²) in [5.41, 5.74) is 2.31. The van der Waals surface area contributed by atoms with Gasteiger partial charge in [-0.15, -0.1) is 0 Å². The fourth-order valence-electron chi connectivity index (χ4n) is 4.00. The summed E-state index contributed by atoms with van der Waals surface area (Å²) in [6, 6.07) is 1.40. The Morgan fingerprint density at radius 3 is 2.45 bits per heavy atom. The number of rotatable bonds is 2. The first-order valence-corrected chi connectivity index (χ1v) is 10.2. The zero-order valence-electron chi connectivity index (χ0n) is 18.0. The van der Waals surface area contributed by atoms with Gasteiger partial charge in [0, 0.05) is 6.61 Å². The van der Waals surface area contributed by atoms with Crippen LogP contribution >= 0.6 is 0 Å². The first-order chi connectivity index (χ1) is 13.5. The van der Waals surface area contributed by atoms with Crippen LogP contribution < -0.4 is 11.0 Å². The van der Waals surface area contributed by atoms with Crippen LogP contribution in [0.5, 0.6) is 0 Å². The summed E-state index contributed by atoms with van der Waals surface area (Å²) in [5, 5.41) is 10.9. The Morgan fingerprint density at radius 1 is 1.17 bits per heavy atom. The van der Waals surface area contributed by atoms with E-state index in [0.29, 0.717) is 30.5 Å². The van der Waals surface area contributed by atoms with E-state index in [0.717, 1.165) is 16.6 Å². The van der Waals surface area contributed by atoms with Gasteiger partial charge in [0.1, 0.15) is 0 Å². The van der Waals surface area contributed by atoms with E-state index >= 15 is 0 Å². The normalized spacial score (nSPS) is 26.2. The molecule has 1 aromatic carbocycles. The van der Waals surface area contributed by atoms with Crippen molar-refractivity contribution in [3.05, 3.63) is 33.9 Å². The molecule has 0 saturated carbocycles. The topological polar surface area (TPSA) is 82.8 Å². The number of fused-ring (bicyclic) bond motifs is 1. The Kier molecular flexibility index (Phi) is 4.89.